The molecule has 0 saturated heterocycles. The standard InChI is InChI=1S/C26H31N3O5S/c1-17(2)34-26(32)28-14-11-20-16-21(9-7-19(20)8-10-24(30)31)33-15-12-22-18(3)35-25(29-22)23-6-4-5-13-27-23/h4-7,9,13,16-17H,8,10-12,14-15H2,1-3H3,(H,28,32)(H,30,31). The van der Waals surface area contributed by atoms with Crippen LogP contribution in [0.15, 0.2) is 42.6 Å². The number of pyridine rings is 1. The second-order valence-electron chi connectivity index (χ2n) is 8.29. The molecule has 3 rings (SSSR count). The van der Waals surface area contributed by atoms with Gasteiger partial charge < -0.3 is 19.9 Å². The number of nitrogens with one attached hydrogen (secondary N) is 1. The maximum Gasteiger partial charge on any atom is 0.407 e. The summed E-state index contributed by atoms with van der Waals surface area (Å²) in [5.74, 6) is -0.153. The Bertz CT molecular complexity index is 1130. The smallest absolute Gasteiger partial charge is 0.407 e. The minimum Gasteiger partial charge on any atom is -0.493 e. The van der Waals surface area contributed by atoms with E-state index in [9.17, 15) is 9.59 Å². The molecule has 9 heteroatoms. The number of carboxylic acids is 1. The van der Waals surface area contributed by atoms with E-state index in [1.807, 2.05) is 43.3 Å². The van der Waals surface area contributed by atoms with Gasteiger partial charge in [-0.1, -0.05) is 12.1 Å². The fourth-order valence-electron chi connectivity index (χ4n) is 3.49. The van der Waals surface area contributed by atoms with Gasteiger partial charge in [-0.05, 0) is 69.0 Å². The average molecular weight is 498 g/mol. The highest BCUT2D eigenvalue weighted by Crippen LogP contribution is 2.26. The first-order chi connectivity index (χ1) is 16.8. The third-order valence-electron chi connectivity index (χ3n) is 5.18. The summed E-state index contributed by atoms with van der Waals surface area (Å²) >= 11 is 1.62. The number of aryl methyl sites for hydroxylation is 2. The van der Waals surface area contributed by atoms with Crippen LogP contribution in [0.1, 0.15) is 42.0 Å². The van der Waals surface area contributed by atoms with E-state index in [2.05, 4.69) is 10.3 Å². The zero-order valence-corrected chi connectivity index (χ0v) is 21.1. The molecule has 1 aromatic carbocycles. The van der Waals surface area contributed by atoms with Gasteiger partial charge in [0.15, 0.2) is 0 Å². The Hall–Kier alpha value is -3.46. The average Bonchev–Trinajstić information content (AvgIpc) is 3.19. The number of nitrogens with zero attached hydrogens (tertiary/aromatic N) is 2. The fraction of sp³-hybridized carbons (Fsp3) is 0.385. The van der Waals surface area contributed by atoms with Crippen LogP contribution in [0.5, 0.6) is 5.75 Å². The van der Waals surface area contributed by atoms with Gasteiger partial charge in [-0.3, -0.25) is 9.78 Å². The predicted octanol–water partition coefficient (Wildman–Crippen LogP) is 4.83. The minimum absolute atomic E-state index is 0.0394. The van der Waals surface area contributed by atoms with Crippen molar-refractivity contribution in [2.75, 3.05) is 13.2 Å². The highest BCUT2D eigenvalue weighted by atomic mass is 32.1. The third-order valence-corrected chi connectivity index (χ3v) is 6.21. The van der Waals surface area contributed by atoms with Gasteiger partial charge in [0.1, 0.15) is 10.8 Å². The first kappa shape index (κ1) is 26.2. The Morgan fingerprint density at radius 3 is 2.66 bits per heavy atom. The van der Waals surface area contributed by atoms with Crippen LogP contribution in [0, 0.1) is 6.92 Å². The van der Waals surface area contributed by atoms with Crippen LogP contribution in [-0.4, -0.2) is 46.4 Å². The van der Waals surface area contributed by atoms with Gasteiger partial charge >= 0.3 is 12.1 Å². The van der Waals surface area contributed by atoms with Crippen LogP contribution in [-0.2, 0) is 28.8 Å². The largest absolute Gasteiger partial charge is 0.493 e. The lowest BCUT2D eigenvalue weighted by Gasteiger charge is -2.14. The molecule has 35 heavy (non-hydrogen) atoms. The quantitative estimate of drug-likeness (QED) is 0.369. The second-order valence-corrected chi connectivity index (χ2v) is 9.49. The number of carboxylic acid groups (broad SMARTS) is 1. The van der Waals surface area contributed by atoms with E-state index >= 15 is 0 Å². The van der Waals surface area contributed by atoms with Gasteiger partial charge in [-0.2, -0.15) is 0 Å². The Balaban J connectivity index is 1.61. The fourth-order valence-corrected chi connectivity index (χ4v) is 4.43. The topological polar surface area (TPSA) is 111 Å². The molecular formula is C26H31N3O5S. The molecule has 2 heterocycles. The number of carbonyl (C=O) groups excluding carboxylic acids is 1. The van der Waals surface area contributed by atoms with Crippen molar-refractivity contribution in [3.8, 4) is 16.5 Å². The molecule has 0 bridgehead atoms. The molecule has 2 aromatic heterocycles. The van der Waals surface area contributed by atoms with E-state index in [0.717, 1.165) is 32.4 Å². The van der Waals surface area contributed by atoms with Crippen molar-refractivity contribution in [1.82, 2.24) is 15.3 Å². The summed E-state index contributed by atoms with van der Waals surface area (Å²) in [6.07, 6.45) is 2.75. The Morgan fingerprint density at radius 1 is 1.11 bits per heavy atom. The monoisotopic (exact) mass is 497 g/mol. The first-order valence-corrected chi connectivity index (χ1v) is 12.4. The lowest BCUT2D eigenvalue weighted by Crippen LogP contribution is -2.28. The molecule has 8 nitrogen and oxygen atoms in total. The van der Waals surface area contributed by atoms with Crippen LogP contribution >= 0.6 is 11.3 Å². The van der Waals surface area contributed by atoms with Crippen molar-refractivity contribution in [3.63, 3.8) is 0 Å². The number of alkyl carbamates (subject to hydrolysis) is 1. The molecule has 3 aromatic rings. The van der Waals surface area contributed by atoms with Gasteiger partial charge in [-0.25, -0.2) is 9.78 Å². The predicted molar refractivity (Wildman–Crippen MR) is 135 cm³/mol. The Kier molecular flexibility index (Phi) is 9.60. The molecule has 0 atom stereocenters. The Labute approximate surface area is 209 Å². The summed E-state index contributed by atoms with van der Waals surface area (Å²) in [7, 11) is 0. The van der Waals surface area contributed by atoms with E-state index in [-0.39, 0.29) is 12.5 Å². The maximum absolute atomic E-state index is 11.8. The van der Waals surface area contributed by atoms with Crippen molar-refractivity contribution in [1.29, 1.82) is 0 Å². The number of thiazole rings is 1. The summed E-state index contributed by atoms with van der Waals surface area (Å²) in [5, 5.41) is 12.7. The molecular weight excluding hydrogens is 466 g/mol. The number of amides is 1. The third kappa shape index (κ3) is 8.36. The molecule has 1 amide bonds. The molecule has 0 spiro atoms. The number of aliphatic carboxylic acids is 1. The lowest BCUT2D eigenvalue weighted by molar-refractivity contribution is -0.136. The van der Waals surface area contributed by atoms with Gasteiger partial charge in [0.25, 0.3) is 0 Å². The highest BCUT2D eigenvalue weighted by molar-refractivity contribution is 7.15. The van der Waals surface area contributed by atoms with E-state index in [1.54, 1.807) is 31.4 Å². The zero-order valence-electron chi connectivity index (χ0n) is 20.2. The van der Waals surface area contributed by atoms with Crippen molar-refractivity contribution >= 4 is 23.4 Å². The van der Waals surface area contributed by atoms with Crippen molar-refractivity contribution < 1.29 is 24.2 Å². The van der Waals surface area contributed by atoms with Crippen molar-refractivity contribution in [3.05, 3.63) is 64.3 Å². The van der Waals surface area contributed by atoms with Crippen molar-refractivity contribution in [2.24, 2.45) is 0 Å². The molecule has 0 saturated carbocycles. The van der Waals surface area contributed by atoms with Gasteiger partial charge in [0.2, 0.25) is 0 Å². The van der Waals surface area contributed by atoms with Crippen LogP contribution < -0.4 is 10.1 Å². The second kappa shape index (κ2) is 12.9. The van der Waals surface area contributed by atoms with Crippen LogP contribution in [0.25, 0.3) is 10.7 Å². The van der Waals surface area contributed by atoms with Crippen molar-refractivity contribution in [2.45, 2.75) is 52.6 Å². The van der Waals surface area contributed by atoms with Crippen LogP contribution in [0.4, 0.5) is 4.79 Å². The summed E-state index contributed by atoms with van der Waals surface area (Å²) < 4.78 is 11.1. The minimum atomic E-state index is -0.849. The number of ether oxygens (including phenoxy) is 2. The van der Waals surface area contributed by atoms with Crippen LogP contribution in [0.2, 0.25) is 0 Å². The van der Waals surface area contributed by atoms with Gasteiger partial charge in [-0.15, -0.1) is 11.3 Å². The summed E-state index contributed by atoms with van der Waals surface area (Å²) in [4.78, 5) is 33.0. The molecule has 0 aliphatic carbocycles. The normalized spacial score (nSPS) is 10.9. The molecule has 186 valence electrons. The molecule has 0 aliphatic rings. The van der Waals surface area contributed by atoms with E-state index in [4.69, 9.17) is 19.6 Å². The summed E-state index contributed by atoms with van der Waals surface area (Å²) in [6.45, 7) is 6.46. The van der Waals surface area contributed by atoms with Gasteiger partial charge in [0.05, 0.1) is 24.1 Å². The zero-order chi connectivity index (χ0) is 25.2. The number of hydrogen-bond donors (Lipinski definition) is 2. The number of hydrogen-bond acceptors (Lipinski definition) is 7. The van der Waals surface area contributed by atoms with E-state index in [0.29, 0.717) is 38.2 Å². The molecule has 0 unspecified atom stereocenters. The van der Waals surface area contributed by atoms with Crippen LogP contribution in [0.3, 0.4) is 0 Å². The molecule has 2 N–H and O–H groups in total. The SMILES string of the molecule is Cc1sc(-c2ccccn2)nc1CCOc1ccc(CCC(=O)O)c(CCNC(=O)OC(C)C)c1. The van der Waals surface area contributed by atoms with E-state index < -0.39 is 12.1 Å². The first-order valence-electron chi connectivity index (χ1n) is 11.6. The molecule has 0 aliphatic heterocycles. The van der Waals surface area contributed by atoms with E-state index in [1.165, 1.54) is 0 Å². The lowest BCUT2D eigenvalue weighted by atomic mass is 10.00. The van der Waals surface area contributed by atoms with Gasteiger partial charge in [0, 0.05) is 30.5 Å². The summed E-state index contributed by atoms with van der Waals surface area (Å²) in [6, 6.07) is 11.4. The maximum atomic E-state index is 11.8. The highest BCUT2D eigenvalue weighted by Gasteiger charge is 2.12. The molecule has 0 radical (unpaired) electrons. The number of rotatable bonds is 12. The summed E-state index contributed by atoms with van der Waals surface area (Å²) in [5.41, 5.74) is 3.71. The Morgan fingerprint density at radius 2 is 1.94 bits per heavy atom. The number of carbonyl (C=O) groups is 2. The number of aromatic nitrogens is 2. The number of benzene rings is 1. The molecule has 0 fully saturated rings.